The van der Waals surface area contributed by atoms with E-state index < -0.39 is 30.6 Å². The Hall–Kier alpha value is -1.83. The molecule has 0 aliphatic carbocycles. The number of amides is 1. The highest BCUT2D eigenvalue weighted by atomic mass is 19.4. The number of rotatable bonds is 5. The molecule has 4 nitrogen and oxygen atoms in total. The maximum atomic E-state index is 13.3. The standard InChI is InChI=1S/C12H14F4N2O2/c1-7(12(14,15)16)20-5-4-11(19)18-10-6-8(17)2-3-9(10)13/h2-3,6-7H,4-5,17H2,1H3,(H,18,19). The summed E-state index contributed by atoms with van der Waals surface area (Å²) in [6, 6.07) is 3.61. The molecule has 0 heterocycles. The molecule has 1 amide bonds. The molecule has 1 aromatic carbocycles. The zero-order valence-electron chi connectivity index (χ0n) is 10.6. The summed E-state index contributed by atoms with van der Waals surface area (Å²) in [4.78, 5) is 11.4. The minimum atomic E-state index is -4.48. The molecule has 20 heavy (non-hydrogen) atoms. The van der Waals surface area contributed by atoms with Gasteiger partial charge in [0.15, 0.2) is 6.10 Å². The number of nitrogens with two attached hydrogens (primary N) is 1. The van der Waals surface area contributed by atoms with Crippen molar-refractivity contribution in [3.63, 3.8) is 0 Å². The van der Waals surface area contributed by atoms with Gasteiger partial charge in [0.2, 0.25) is 5.91 Å². The predicted molar refractivity (Wildman–Crippen MR) is 65.5 cm³/mol. The number of hydrogen-bond acceptors (Lipinski definition) is 3. The third-order valence-corrected chi connectivity index (χ3v) is 2.42. The van der Waals surface area contributed by atoms with Gasteiger partial charge in [-0.05, 0) is 25.1 Å². The number of ether oxygens (including phenoxy) is 1. The number of benzene rings is 1. The number of carbonyl (C=O) groups is 1. The van der Waals surface area contributed by atoms with Crippen LogP contribution in [0.25, 0.3) is 0 Å². The van der Waals surface area contributed by atoms with Gasteiger partial charge in [-0.3, -0.25) is 4.79 Å². The van der Waals surface area contributed by atoms with Crippen molar-refractivity contribution in [2.24, 2.45) is 0 Å². The highest BCUT2D eigenvalue weighted by molar-refractivity contribution is 5.91. The van der Waals surface area contributed by atoms with Gasteiger partial charge in [-0.1, -0.05) is 0 Å². The summed E-state index contributed by atoms with van der Waals surface area (Å²) in [6.07, 6.45) is -6.76. The molecule has 0 saturated carbocycles. The second kappa shape index (κ2) is 6.56. The Morgan fingerprint density at radius 2 is 2.10 bits per heavy atom. The van der Waals surface area contributed by atoms with Crippen LogP contribution >= 0.6 is 0 Å². The molecule has 0 radical (unpaired) electrons. The Morgan fingerprint density at radius 3 is 2.70 bits per heavy atom. The predicted octanol–water partition coefficient (Wildman–Crippen LogP) is 2.70. The molecule has 1 rings (SSSR count). The lowest BCUT2D eigenvalue weighted by atomic mass is 10.2. The second-order valence-corrected chi connectivity index (χ2v) is 4.09. The van der Waals surface area contributed by atoms with E-state index in [-0.39, 0.29) is 17.8 Å². The third-order valence-electron chi connectivity index (χ3n) is 2.42. The van der Waals surface area contributed by atoms with E-state index in [2.05, 4.69) is 10.1 Å². The highest BCUT2D eigenvalue weighted by Gasteiger charge is 2.36. The Bertz CT molecular complexity index is 477. The number of nitrogen functional groups attached to an aromatic ring is 1. The molecule has 0 spiro atoms. The smallest absolute Gasteiger partial charge is 0.399 e. The summed E-state index contributed by atoms with van der Waals surface area (Å²) in [6.45, 7) is 0.423. The van der Waals surface area contributed by atoms with Crippen LogP contribution in [-0.2, 0) is 9.53 Å². The van der Waals surface area contributed by atoms with Gasteiger partial charge in [0.1, 0.15) is 5.82 Å². The number of halogens is 4. The van der Waals surface area contributed by atoms with Crippen LogP contribution in [-0.4, -0.2) is 24.8 Å². The van der Waals surface area contributed by atoms with Crippen LogP contribution in [0.5, 0.6) is 0 Å². The van der Waals surface area contributed by atoms with Gasteiger partial charge in [0.25, 0.3) is 0 Å². The maximum Gasteiger partial charge on any atom is 0.414 e. The van der Waals surface area contributed by atoms with E-state index in [9.17, 15) is 22.4 Å². The zero-order valence-corrected chi connectivity index (χ0v) is 10.6. The molecule has 1 unspecified atom stereocenters. The lowest BCUT2D eigenvalue weighted by Crippen LogP contribution is -2.29. The first-order chi connectivity index (χ1) is 9.20. The van der Waals surface area contributed by atoms with Crippen LogP contribution in [0.2, 0.25) is 0 Å². The van der Waals surface area contributed by atoms with E-state index in [1.165, 1.54) is 12.1 Å². The van der Waals surface area contributed by atoms with Crippen LogP contribution in [0.15, 0.2) is 18.2 Å². The molecule has 0 aliphatic rings. The monoisotopic (exact) mass is 294 g/mol. The first kappa shape index (κ1) is 16.2. The highest BCUT2D eigenvalue weighted by Crippen LogP contribution is 2.22. The SMILES string of the molecule is CC(OCCC(=O)Nc1cc(N)ccc1F)C(F)(F)F. The number of nitrogens with one attached hydrogen (secondary N) is 1. The van der Waals surface area contributed by atoms with E-state index in [1.54, 1.807) is 0 Å². The summed E-state index contributed by atoms with van der Waals surface area (Å²) in [5, 5.41) is 2.21. The van der Waals surface area contributed by atoms with Crippen molar-refractivity contribution in [3.8, 4) is 0 Å². The molecule has 3 N–H and O–H groups in total. The molecule has 8 heteroatoms. The summed E-state index contributed by atoms with van der Waals surface area (Å²) >= 11 is 0. The van der Waals surface area contributed by atoms with Crippen LogP contribution in [0, 0.1) is 5.82 Å². The van der Waals surface area contributed by atoms with E-state index in [1.807, 2.05) is 0 Å². The molecular formula is C12H14F4N2O2. The van der Waals surface area contributed by atoms with Crippen LogP contribution in [0.3, 0.4) is 0 Å². The lowest BCUT2D eigenvalue weighted by molar-refractivity contribution is -0.214. The van der Waals surface area contributed by atoms with Crippen LogP contribution in [0.1, 0.15) is 13.3 Å². The van der Waals surface area contributed by atoms with Gasteiger partial charge in [-0.2, -0.15) is 13.2 Å². The van der Waals surface area contributed by atoms with Crippen LogP contribution < -0.4 is 11.1 Å². The fourth-order valence-electron chi connectivity index (χ4n) is 1.27. The number of alkyl halides is 3. The van der Waals surface area contributed by atoms with Crippen molar-refractivity contribution in [1.29, 1.82) is 0 Å². The Labute approximate surface area is 112 Å². The summed E-state index contributed by atoms with van der Waals surface area (Å²) in [5.41, 5.74) is 5.55. The van der Waals surface area contributed by atoms with Crippen molar-refractivity contribution >= 4 is 17.3 Å². The van der Waals surface area contributed by atoms with Gasteiger partial charge >= 0.3 is 6.18 Å². The Morgan fingerprint density at radius 1 is 1.45 bits per heavy atom. The molecular weight excluding hydrogens is 280 g/mol. The van der Waals surface area contributed by atoms with E-state index >= 15 is 0 Å². The molecule has 0 fully saturated rings. The van der Waals surface area contributed by atoms with E-state index in [0.29, 0.717) is 0 Å². The van der Waals surface area contributed by atoms with Crippen molar-refractivity contribution in [2.75, 3.05) is 17.7 Å². The van der Waals surface area contributed by atoms with Gasteiger partial charge < -0.3 is 15.8 Å². The normalized spacial score (nSPS) is 13.1. The van der Waals surface area contributed by atoms with Crippen LogP contribution in [0.4, 0.5) is 28.9 Å². The summed E-state index contributed by atoms with van der Waals surface area (Å²) in [7, 11) is 0. The number of carbonyl (C=O) groups excluding carboxylic acids is 1. The third kappa shape index (κ3) is 5.04. The Kier molecular flexibility index (Phi) is 5.32. The fraction of sp³-hybridized carbons (Fsp3) is 0.417. The molecule has 0 aliphatic heterocycles. The average Bonchev–Trinajstić information content (AvgIpc) is 2.32. The molecule has 1 atom stereocenters. The largest absolute Gasteiger partial charge is 0.414 e. The number of anilines is 2. The maximum absolute atomic E-state index is 13.3. The van der Waals surface area contributed by atoms with Crippen molar-refractivity contribution in [2.45, 2.75) is 25.6 Å². The van der Waals surface area contributed by atoms with E-state index in [4.69, 9.17) is 5.73 Å². The van der Waals surface area contributed by atoms with Crippen molar-refractivity contribution < 1.29 is 27.1 Å². The Balaban J connectivity index is 2.43. The van der Waals surface area contributed by atoms with Crippen molar-refractivity contribution in [1.82, 2.24) is 0 Å². The minimum absolute atomic E-state index is 0.126. The molecule has 112 valence electrons. The molecule has 0 bridgehead atoms. The summed E-state index contributed by atoms with van der Waals surface area (Å²) < 4.78 is 54.1. The van der Waals surface area contributed by atoms with E-state index in [0.717, 1.165) is 13.0 Å². The first-order valence-electron chi connectivity index (χ1n) is 5.73. The first-order valence-corrected chi connectivity index (χ1v) is 5.73. The molecule has 0 aromatic heterocycles. The van der Waals surface area contributed by atoms with Gasteiger partial charge in [0, 0.05) is 5.69 Å². The number of hydrogen-bond donors (Lipinski definition) is 2. The van der Waals surface area contributed by atoms with Crippen molar-refractivity contribution in [3.05, 3.63) is 24.0 Å². The minimum Gasteiger partial charge on any atom is -0.399 e. The van der Waals surface area contributed by atoms with Gasteiger partial charge in [-0.25, -0.2) is 4.39 Å². The van der Waals surface area contributed by atoms with Gasteiger partial charge in [-0.15, -0.1) is 0 Å². The summed E-state index contributed by atoms with van der Waals surface area (Å²) in [5.74, 6) is -1.35. The fourth-order valence-corrected chi connectivity index (χ4v) is 1.27. The quantitative estimate of drug-likeness (QED) is 0.648. The lowest BCUT2D eigenvalue weighted by Gasteiger charge is -2.16. The second-order valence-electron chi connectivity index (χ2n) is 4.09. The topological polar surface area (TPSA) is 64.3 Å². The zero-order chi connectivity index (χ0) is 15.3. The molecule has 0 saturated heterocycles. The molecule has 1 aromatic rings. The van der Waals surface area contributed by atoms with Gasteiger partial charge in [0.05, 0.1) is 18.7 Å². The average molecular weight is 294 g/mol.